The third-order valence-corrected chi connectivity index (χ3v) is 2.90. The molecule has 0 bridgehead atoms. The van der Waals surface area contributed by atoms with Gasteiger partial charge in [-0.05, 0) is 35.4 Å². The molecule has 0 aliphatic rings. The highest BCUT2D eigenvalue weighted by molar-refractivity contribution is 6.28. The maximum atomic E-state index is 11.5. The predicted octanol–water partition coefficient (Wildman–Crippen LogP) is 3.10. The summed E-state index contributed by atoms with van der Waals surface area (Å²) in [5.74, 6) is 0.132. The zero-order valence-corrected chi connectivity index (χ0v) is 12.3. The van der Waals surface area contributed by atoms with Crippen LogP contribution in [0.3, 0.4) is 0 Å². The Kier molecular flexibility index (Phi) is 4.90. The molecule has 1 aromatic carbocycles. The van der Waals surface area contributed by atoms with Gasteiger partial charge in [0.1, 0.15) is 5.69 Å². The average molecular weight is 305 g/mol. The molecule has 0 unspecified atom stereocenters. The van der Waals surface area contributed by atoms with Crippen molar-refractivity contribution >= 4 is 29.7 Å². The molecule has 0 spiro atoms. The minimum Gasteiger partial charge on any atom is -0.493 e. The van der Waals surface area contributed by atoms with Crippen LogP contribution in [0.4, 0.5) is 0 Å². The van der Waals surface area contributed by atoms with Gasteiger partial charge in [-0.3, -0.25) is 0 Å². The van der Waals surface area contributed by atoms with Crippen LogP contribution in [0.1, 0.15) is 21.6 Å². The van der Waals surface area contributed by atoms with Gasteiger partial charge in [0, 0.05) is 0 Å². The van der Waals surface area contributed by atoms with E-state index in [1.54, 1.807) is 30.4 Å². The number of hydrogen-bond acceptors (Lipinski definition) is 5. The molecule has 21 heavy (non-hydrogen) atoms. The normalized spacial score (nSPS) is 10.6. The highest BCUT2D eigenvalue weighted by Crippen LogP contribution is 2.19. The van der Waals surface area contributed by atoms with Crippen molar-refractivity contribution in [3.05, 3.63) is 52.6 Å². The lowest BCUT2D eigenvalue weighted by molar-refractivity contribution is 0.0600. The summed E-state index contributed by atoms with van der Waals surface area (Å²) in [6.07, 6.45) is 5.04. The molecular formula is C15H13ClN2O3. The van der Waals surface area contributed by atoms with E-state index in [1.807, 2.05) is 6.07 Å². The summed E-state index contributed by atoms with van der Waals surface area (Å²) in [4.78, 5) is 19.4. The lowest BCUT2D eigenvalue weighted by Crippen LogP contribution is -2.00. The van der Waals surface area contributed by atoms with Crippen LogP contribution in [-0.4, -0.2) is 30.2 Å². The second-order valence-electron chi connectivity index (χ2n) is 4.04. The van der Waals surface area contributed by atoms with Gasteiger partial charge in [-0.25, -0.2) is 14.8 Å². The Morgan fingerprint density at radius 3 is 2.81 bits per heavy atom. The SMILES string of the molecule is COC(=O)c1cccc(C=Cc2nc(Cl)ncc2OC)c1. The van der Waals surface area contributed by atoms with E-state index in [9.17, 15) is 4.79 Å². The van der Waals surface area contributed by atoms with E-state index >= 15 is 0 Å². The topological polar surface area (TPSA) is 61.3 Å². The molecule has 1 aromatic heterocycles. The van der Waals surface area contributed by atoms with Crippen LogP contribution in [0.2, 0.25) is 5.28 Å². The van der Waals surface area contributed by atoms with Crippen molar-refractivity contribution in [3.8, 4) is 5.75 Å². The van der Waals surface area contributed by atoms with Crippen LogP contribution in [0.15, 0.2) is 30.5 Å². The van der Waals surface area contributed by atoms with Gasteiger partial charge < -0.3 is 9.47 Å². The number of benzene rings is 1. The molecule has 0 amide bonds. The summed E-state index contributed by atoms with van der Waals surface area (Å²) >= 11 is 5.77. The molecule has 0 saturated carbocycles. The molecule has 108 valence electrons. The Hall–Kier alpha value is -2.40. The van der Waals surface area contributed by atoms with E-state index in [1.165, 1.54) is 20.4 Å². The smallest absolute Gasteiger partial charge is 0.337 e. The summed E-state index contributed by atoms with van der Waals surface area (Å²) in [7, 11) is 2.88. The largest absolute Gasteiger partial charge is 0.493 e. The summed E-state index contributed by atoms with van der Waals surface area (Å²) < 4.78 is 9.84. The number of carbonyl (C=O) groups excluding carboxylic acids is 1. The Labute approximate surface area is 127 Å². The Morgan fingerprint density at radius 2 is 2.10 bits per heavy atom. The number of carbonyl (C=O) groups is 1. The molecule has 2 rings (SSSR count). The molecule has 0 aliphatic heterocycles. The second kappa shape index (κ2) is 6.85. The molecule has 2 aromatic rings. The van der Waals surface area contributed by atoms with Crippen molar-refractivity contribution in [2.45, 2.75) is 0 Å². The molecule has 0 aliphatic carbocycles. The number of aromatic nitrogens is 2. The fraction of sp³-hybridized carbons (Fsp3) is 0.133. The van der Waals surface area contributed by atoms with Crippen LogP contribution in [0.25, 0.3) is 12.2 Å². The van der Waals surface area contributed by atoms with E-state index in [2.05, 4.69) is 14.7 Å². The number of nitrogens with zero attached hydrogens (tertiary/aromatic N) is 2. The van der Waals surface area contributed by atoms with Crippen LogP contribution < -0.4 is 4.74 Å². The van der Waals surface area contributed by atoms with Crippen molar-refractivity contribution in [1.29, 1.82) is 0 Å². The number of esters is 1. The standard InChI is InChI=1S/C15H13ClN2O3/c1-20-13-9-17-15(16)18-12(13)7-6-10-4-3-5-11(8-10)14(19)21-2/h3-9H,1-2H3. The number of hydrogen-bond donors (Lipinski definition) is 0. The Balaban J connectivity index is 2.29. The number of methoxy groups -OCH3 is 2. The zero-order valence-electron chi connectivity index (χ0n) is 11.5. The first kappa shape index (κ1) is 15.0. The predicted molar refractivity (Wildman–Crippen MR) is 80.3 cm³/mol. The molecule has 0 saturated heterocycles. The molecule has 5 nitrogen and oxygen atoms in total. The highest BCUT2D eigenvalue weighted by atomic mass is 35.5. The first-order valence-corrected chi connectivity index (χ1v) is 6.45. The molecule has 0 N–H and O–H groups in total. The summed E-state index contributed by atoms with van der Waals surface area (Å²) in [5.41, 5.74) is 1.86. The first-order valence-electron chi connectivity index (χ1n) is 6.07. The number of ether oxygens (including phenoxy) is 2. The van der Waals surface area contributed by atoms with Gasteiger partial charge in [-0.2, -0.15) is 0 Å². The van der Waals surface area contributed by atoms with Crippen LogP contribution >= 0.6 is 11.6 Å². The van der Waals surface area contributed by atoms with Gasteiger partial charge in [0.2, 0.25) is 5.28 Å². The molecular weight excluding hydrogens is 292 g/mol. The van der Waals surface area contributed by atoms with Gasteiger partial charge in [-0.1, -0.05) is 18.2 Å². The third-order valence-electron chi connectivity index (χ3n) is 2.71. The first-order chi connectivity index (χ1) is 10.1. The van der Waals surface area contributed by atoms with Crippen molar-refractivity contribution in [2.75, 3.05) is 14.2 Å². The zero-order chi connectivity index (χ0) is 15.2. The van der Waals surface area contributed by atoms with Gasteiger partial charge in [0.15, 0.2) is 5.75 Å². The van der Waals surface area contributed by atoms with E-state index in [0.29, 0.717) is 17.0 Å². The van der Waals surface area contributed by atoms with Crippen molar-refractivity contribution < 1.29 is 14.3 Å². The molecule has 0 fully saturated rings. The van der Waals surface area contributed by atoms with Gasteiger partial charge >= 0.3 is 5.97 Å². The molecule has 0 radical (unpaired) electrons. The molecule has 1 heterocycles. The maximum Gasteiger partial charge on any atom is 0.337 e. The van der Waals surface area contributed by atoms with E-state index in [4.69, 9.17) is 16.3 Å². The van der Waals surface area contributed by atoms with E-state index in [-0.39, 0.29) is 11.3 Å². The van der Waals surface area contributed by atoms with Crippen LogP contribution in [0.5, 0.6) is 5.75 Å². The second-order valence-corrected chi connectivity index (χ2v) is 4.38. The van der Waals surface area contributed by atoms with E-state index in [0.717, 1.165) is 5.56 Å². The monoisotopic (exact) mass is 304 g/mol. The van der Waals surface area contributed by atoms with Gasteiger partial charge in [0.05, 0.1) is 26.0 Å². The number of rotatable bonds is 4. The lowest BCUT2D eigenvalue weighted by Gasteiger charge is -2.03. The number of halogens is 1. The van der Waals surface area contributed by atoms with Gasteiger partial charge in [-0.15, -0.1) is 0 Å². The van der Waals surface area contributed by atoms with Crippen molar-refractivity contribution in [3.63, 3.8) is 0 Å². The minimum atomic E-state index is -0.382. The lowest BCUT2D eigenvalue weighted by atomic mass is 10.1. The maximum absolute atomic E-state index is 11.5. The van der Waals surface area contributed by atoms with Crippen LogP contribution in [0, 0.1) is 0 Å². The van der Waals surface area contributed by atoms with Crippen molar-refractivity contribution in [1.82, 2.24) is 9.97 Å². The molecule has 6 heteroatoms. The molecule has 0 atom stereocenters. The van der Waals surface area contributed by atoms with E-state index < -0.39 is 0 Å². The summed E-state index contributed by atoms with van der Waals surface area (Å²) in [5, 5.41) is 0.138. The van der Waals surface area contributed by atoms with Gasteiger partial charge in [0.25, 0.3) is 0 Å². The quantitative estimate of drug-likeness (QED) is 0.641. The minimum absolute atomic E-state index is 0.138. The fourth-order valence-corrected chi connectivity index (χ4v) is 1.84. The summed E-state index contributed by atoms with van der Waals surface area (Å²) in [6, 6.07) is 7.04. The van der Waals surface area contributed by atoms with Crippen molar-refractivity contribution in [2.24, 2.45) is 0 Å². The Bertz CT molecular complexity index is 686. The average Bonchev–Trinajstić information content (AvgIpc) is 2.52. The fourth-order valence-electron chi connectivity index (χ4n) is 1.70. The highest BCUT2D eigenvalue weighted by Gasteiger charge is 2.05. The summed E-state index contributed by atoms with van der Waals surface area (Å²) in [6.45, 7) is 0. The van der Waals surface area contributed by atoms with Crippen LogP contribution in [-0.2, 0) is 4.74 Å². The third kappa shape index (κ3) is 3.79. The Morgan fingerprint density at radius 1 is 1.29 bits per heavy atom.